The summed E-state index contributed by atoms with van der Waals surface area (Å²) < 4.78 is 41.5. The Balaban J connectivity index is 1.74. The molecule has 2 atom stereocenters. The van der Waals surface area contributed by atoms with Crippen molar-refractivity contribution >= 4 is 29.4 Å². The molecule has 0 bridgehead atoms. The van der Waals surface area contributed by atoms with Gasteiger partial charge in [0.1, 0.15) is 6.04 Å². The average molecular weight is 491 g/mol. The van der Waals surface area contributed by atoms with E-state index in [-0.39, 0.29) is 17.7 Å². The van der Waals surface area contributed by atoms with Crippen LogP contribution in [0.1, 0.15) is 34.3 Å². The van der Waals surface area contributed by atoms with E-state index in [4.69, 9.17) is 5.73 Å². The number of amides is 2. The second kappa shape index (κ2) is 10.7. The number of carbonyl (C=O) groups is 4. The number of nitrogens with two attached hydrogens (primary N) is 1. The molecule has 2 aromatic carbocycles. The Morgan fingerprint density at radius 2 is 1.80 bits per heavy atom. The molecule has 0 spiro atoms. The number of nitrogens with zero attached hydrogens (tertiary/aromatic N) is 1. The highest BCUT2D eigenvalue weighted by Gasteiger charge is 2.43. The van der Waals surface area contributed by atoms with Crippen molar-refractivity contribution < 1.29 is 37.1 Å². The van der Waals surface area contributed by atoms with Gasteiger partial charge in [0.2, 0.25) is 11.8 Å². The van der Waals surface area contributed by atoms with Crippen molar-refractivity contribution in [3.8, 4) is 0 Å². The van der Waals surface area contributed by atoms with Crippen molar-refractivity contribution in [3.05, 3.63) is 65.2 Å². The Morgan fingerprint density at radius 1 is 1.11 bits per heavy atom. The van der Waals surface area contributed by atoms with Crippen LogP contribution in [0.25, 0.3) is 0 Å². The minimum Gasteiger partial charge on any atom is -0.383 e. The number of ether oxygens (including phenoxy) is 1. The van der Waals surface area contributed by atoms with E-state index in [9.17, 15) is 32.3 Å². The zero-order valence-corrected chi connectivity index (χ0v) is 18.8. The summed E-state index contributed by atoms with van der Waals surface area (Å²) in [4.78, 5) is 50.8. The van der Waals surface area contributed by atoms with Crippen molar-refractivity contribution in [1.29, 1.82) is 0 Å². The number of aryl methyl sites for hydroxylation is 1. The topological polar surface area (TPSA) is 119 Å². The molecule has 0 aliphatic carbocycles. The van der Waals surface area contributed by atoms with Gasteiger partial charge in [-0.05, 0) is 43.4 Å². The minimum absolute atomic E-state index is 0.136. The number of esters is 2. The first-order chi connectivity index (χ1) is 16.5. The summed E-state index contributed by atoms with van der Waals surface area (Å²) in [5, 5.41) is 2.49. The summed E-state index contributed by atoms with van der Waals surface area (Å²) in [6.45, 7) is 1.72. The number of alkyl halides is 3. The van der Waals surface area contributed by atoms with Crippen LogP contribution in [0.2, 0.25) is 0 Å². The van der Waals surface area contributed by atoms with Crippen LogP contribution >= 0.6 is 0 Å². The number of benzene rings is 2. The molecular formula is C24H24F3N3O5. The van der Waals surface area contributed by atoms with Crippen molar-refractivity contribution in [2.75, 3.05) is 11.9 Å². The molecule has 8 nitrogen and oxygen atoms in total. The van der Waals surface area contributed by atoms with Crippen molar-refractivity contribution in [1.82, 2.24) is 4.90 Å². The van der Waals surface area contributed by atoms with Gasteiger partial charge in [-0.2, -0.15) is 13.2 Å². The molecule has 1 heterocycles. The largest absolute Gasteiger partial charge is 0.491 e. The highest BCUT2D eigenvalue weighted by molar-refractivity contribution is 6.07. The summed E-state index contributed by atoms with van der Waals surface area (Å²) in [6, 6.07) is 11.6. The van der Waals surface area contributed by atoms with Crippen LogP contribution in [-0.4, -0.2) is 53.5 Å². The first-order valence-electron chi connectivity index (χ1n) is 10.8. The monoisotopic (exact) mass is 491 g/mol. The van der Waals surface area contributed by atoms with Gasteiger partial charge in [0, 0.05) is 6.54 Å². The molecule has 186 valence electrons. The van der Waals surface area contributed by atoms with Gasteiger partial charge in [-0.15, -0.1) is 0 Å². The Kier molecular flexibility index (Phi) is 7.90. The highest BCUT2D eigenvalue weighted by Crippen LogP contribution is 2.26. The number of nitrogens with one attached hydrogen (secondary N) is 1. The molecule has 1 fully saturated rings. The predicted octanol–water partition coefficient (Wildman–Crippen LogP) is 2.74. The third kappa shape index (κ3) is 6.24. The molecule has 2 amide bonds. The number of likely N-dealkylation sites (tertiary alicyclic amines) is 1. The van der Waals surface area contributed by atoms with E-state index < -0.39 is 47.6 Å². The normalized spacial score (nSPS) is 16.5. The molecule has 0 saturated carbocycles. The van der Waals surface area contributed by atoms with Gasteiger partial charge >= 0.3 is 18.1 Å². The zero-order valence-electron chi connectivity index (χ0n) is 18.8. The van der Waals surface area contributed by atoms with Gasteiger partial charge in [0.05, 0.1) is 17.3 Å². The Morgan fingerprint density at radius 3 is 2.46 bits per heavy atom. The van der Waals surface area contributed by atoms with Crippen molar-refractivity contribution in [3.63, 3.8) is 0 Å². The third-order valence-corrected chi connectivity index (χ3v) is 5.61. The number of anilines is 1. The zero-order chi connectivity index (χ0) is 25.8. The fourth-order valence-electron chi connectivity index (χ4n) is 3.92. The SMILES string of the molecule is Cc1cccc(NC(=O)C2CCCN2C(=O)C(N)Cc2ccccc2)c1C(=O)OC(=O)C(F)(F)F. The van der Waals surface area contributed by atoms with E-state index in [2.05, 4.69) is 10.1 Å². The van der Waals surface area contributed by atoms with E-state index in [0.717, 1.165) is 5.56 Å². The fourth-order valence-corrected chi connectivity index (χ4v) is 3.92. The molecule has 0 aromatic heterocycles. The number of halogens is 3. The Labute approximate surface area is 199 Å². The lowest BCUT2D eigenvalue weighted by molar-refractivity contribution is -0.193. The second-order valence-electron chi connectivity index (χ2n) is 8.15. The summed E-state index contributed by atoms with van der Waals surface area (Å²) >= 11 is 0. The lowest BCUT2D eigenvalue weighted by atomic mass is 10.0. The van der Waals surface area contributed by atoms with Gasteiger partial charge in [0.15, 0.2) is 0 Å². The second-order valence-corrected chi connectivity index (χ2v) is 8.15. The standard InChI is InChI=1S/C24H24F3N3O5/c1-14-7-5-10-17(19(14)22(33)35-23(34)24(25,26)27)29-20(31)18-11-6-12-30(18)21(32)16(28)13-15-8-3-2-4-9-15/h2-5,7-10,16,18H,6,11-13,28H2,1H3,(H,29,31). The summed E-state index contributed by atoms with van der Waals surface area (Å²) in [5.41, 5.74) is 6.62. The van der Waals surface area contributed by atoms with E-state index in [0.29, 0.717) is 19.4 Å². The van der Waals surface area contributed by atoms with Crippen LogP contribution in [0.4, 0.5) is 18.9 Å². The summed E-state index contributed by atoms with van der Waals surface area (Å²) in [6.07, 6.45) is -4.19. The van der Waals surface area contributed by atoms with Crippen molar-refractivity contribution in [2.24, 2.45) is 5.73 Å². The maximum atomic E-state index is 13.0. The van der Waals surface area contributed by atoms with Crippen LogP contribution < -0.4 is 11.1 Å². The first-order valence-corrected chi connectivity index (χ1v) is 10.8. The van der Waals surface area contributed by atoms with Crippen LogP contribution in [0, 0.1) is 6.92 Å². The molecule has 2 aromatic rings. The minimum atomic E-state index is -5.36. The number of carbonyl (C=O) groups excluding carboxylic acids is 4. The molecule has 35 heavy (non-hydrogen) atoms. The molecule has 0 radical (unpaired) electrons. The average Bonchev–Trinajstić information content (AvgIpc) is 3.28. The molecule has 3 N–H and O–H groups in total. The van der Waals surface area contributed by atoms with E-state index >= 15 is 0 Å². The molecular weight excluding hydrogens is 467 g/mol. The van der Waals surface area contributed by atoms with Gasteiger partial charge in [-0.3, -0.25) is 9.59 Å². The van der Waals surface area contributed by atoms with Crippen molar-refractivity contribution in [2.45, 2.75) is 44.4 Å². The van der Waals surface area contributed by atoms with Crippen LogP contribution in [-0.2, 0) is 25.5 Å². The number of hydrogen-bond donors (Lipinski definition) is 2. The first kappa shape index (κ1) is 25.9. The Hall–Kier alpha value is -3.73. The van der Waals surface area contributed by atoms with Crippen LogP contribution in [0.3, 0.4) is 0 Å². The molecule has 1 aliphatic rings. The molecule has 11 heteroatoms. The fraction of sp³-hybridized carbons (Fsp3) is 0.333. The molecule has 1 aliphatic heterocycles. The van der Waals surface area contributed by atoms with E-state index in [1.165, 1.54) is 30.0 Å². The van der Waals surface area contributed by atoms with Gasteiger partial charge in [-0.1, -0.05) is 42.5 Å². The van der Waals surface area contributed by atoms with E-state index in [1.807, 2.05) is 30.3 Å². The number of rotatable bonds is 6. The van der Waals surface area contributed by atoms with Gasteiger partial charge < -0.3 is 20.7 Å². The van der Waals surface area contributed by atoms with E-state index in [1.54, 1.807) is 0 Å². The summed E-state index contributed by atoms with van der Waals surface area (Å²) in [5.74, 6) is -5.26. The lowest BCUT2D eigenvalue weighted by Crippen LogP contribution is -2.50. The number of hydrogen-bond acceptors (Lipinski definition) is 6. The van der Waals surface area contributed by atoms with Gasteiger partial charge in [-0.25, -0.2) is 9.59 Å². The molecule has 3 rings (SSSR count). The highest BCUT2D eigenvalue weighted by atomic mass is 19.4. The quantitative estimate of drug-likeness (QED) is 0.474. The van der Waals surface area contributed by atoms with Crippen LogP contribution in [0.15, 0.2) is 48.5 Å². The molecule has 1 saturated heterocycles. The maximum absolute atomic E-state index is 13.0. The predicted molar refractivity (Wildman–Crippen MR) is 119 cm³/mol. The molecule has 2 unspecified atom stereocenters. The third-order valence-electron chi connectivity index (χ3n) is 5.61. The van der Waals surface area contributed by atoms with Crippen LogP contribution in [0.5, 0.6) is 0 Å². The summed E-state index contributed by atoms with van der Waals surface area (Å²) in [7, 11) is 0. The lowest BCUT2D eigenvalue weighted by Gasteiger charge is -2.27. The van der Waals surface area contributed by atoms with Gasteiger partial charge in [0.25, 0.3) is 0 Å². The maximum Gasteiger partial charge on any atom is 0.491 e. The smallest absolute Gasteiger partial charge is 0.383 e. The Bertz CT molecular complexity index is 1120.